The Labute approximate surface area is 114 Å². The summed E-state index contributed by atoms with van der Waals surface area (Å²) in [6.07, 6.45) is 5.47. The van der Waals surface area contributed by atoms with E-state index in [4.69, 9.17) is 4.74 Å². The van der Waals surface area contributed by atoms with Gasteiger partial charge >= 0.3 is 5.97 Å². The van der Waals surface area contributed by atoms with E-state index in [1.165, 1.54) is 32.8 Å². The molecule has 0 heterocycles. The van der Waals surface area contributed by atoms with Gasteiger partial charge < -0.3 is 10.1 Å². The summed E-state index contributed by atoms with van der Waals surface area (Å²) in [7, 11) is 1.43. The molecule has 102 valence electrons. The van der Waals surface area contributed by atoms with Crippen LogP contribution in [0.1, 0.15) is 41.6 Å². The molecule has 2 saturated carbocycles. The number of hydrogen-bond donors (Lipinski definition) is 1. The zero-order valence-corrected chi connectivity index (χ0v) is 11.4. The smallest absolute Gasteiger partial charge is 0.338 e. The highest BCUT2D eigenvalue weighted by atomic mass is 16.5. The lowest BCUT2D eigenvalue weighted by atomic mass is 10.0. The minimum Gasteiger partial charge on any atom is -0.465 e. The number of ether oxygens (including phenoxy) is 1. The lowest BCUT2D eigenvalue weighted by molar-refractivity contribution is 0.0599. The first kappa shape index (κ1) is 12.7. The molecule has 0 radical (unpaired) electrons. The predicted octanol–water partition coefficient (Wildman–Crippen LogP) is 2.75. The third kappa shape index (κ3) is 2.98. The summed E-state index contributed by atoms with van der Waals surface area (Å²) in [5.74, 6) is 1.50. The zero-order chi connectivity index (χ0) is 13.2. The summed E-state index contributed by atoms with van der Waals surface area (Å²) < 4.78 is 4.84. The summed E-state index contributed by atoms with van der Waals surface area (Å²) in [5.41, 5.74) is 1.73. The van der Waals surface area contributed by atoms with E-state index in [1.54, 1.807) is 0 Å². The molecule has 0 spiro atoms. The standard InChI is InChI=1S/C16H21NO2/c1-19-16(18)14-5-3-2-4-13(14)10-17-15(11-6-7-11)12-8-9-12/h2-5,11-12,15,17H,6-10H2,1H3. The molecule has 1 N–H and O–H groups in total. The van der Waals surface area contributed by atoms with Crippen molar-refractivity contribution >= 4 is 5.97 Å². The number of esters is 1. The molecule has 2 fully saturated rings. The van der Waals surface area contributed by atoms with E-state index in [9.17, 15) is 4.79 Å². The van der Waals surface area contributed by atoms with Crippen molar-refractivity contribution in [1.82, 2.24) is 5.32 Å². The van der Waals surface area contributed by atoms with Gasteiger partial charge in [0.2, 0.25) is 0 Å². The normalized spacial score (nSPS) is 18.6. The second kappa shape index (κ2) is 5.33. The number of benzene rings is 1. The Morgan fingerprint density at radius 3 is 2.47 bits per heavy atom. The summed E-state index contributed by atoms with van der Waals surface area (Å²) >= 11 is 0. The van der Waals surface area contributed by atoms with Gasteiger partial charge in [0.25, 0.3) is 0 Å². The maximum atomic E-state index is 11.7. The Kier molecular flexibility index (Phi) is 3.56. The number of hydrogen-bond acceptors (Lipinski definition) is 3. The summed E-state index contributed by atoms with van der Waals surface area (Å²) in [5, 5.41) is 3.67. The van der Waals surface area contributed by atoms with Crippen molar-refractivity contribution in [1.29, 1.82) is 0 Å². The third-order valence-corrected chi connectivity index (χ3v) is 4.21. The molecule has 3 rings (SSSR count). The Morgan fingerprint density at radius 1 is 1.26 bits per heavy atom. The molecule has 0 amide bonds. The Balaban J connectivity index is 1.67. The van der Waals surface area contributed by atoms with Crippen molar-refractivity contribution in [2.75, 3.05) is 7.11 Å². The van der Waals surface area contributed by atoms with Crippen LogP contribution in [0, 0.1) is 11.8 Å². The molecule has 2 aliphatic rings. The lowest BCUT2D eigenvalue weighted by Crippen LogP contribution is -2.33. The lowest BCUT2D eigenvalue weighted by Gasteiger charge is -2.18. The van der Waals surface area contributed by atoms with Crippen LogP contribution in [0.25, 0.3) is 0 Å². The summed E-state index contributed by atoms with van der Waals surface area (Å²) in [4.78, 5) is 11.7. The monoisotopic (exact) mass is 259 g/mol. The van der Waals surface area contributed by atoms with Gasteiger partial charge in [0.15, 0.2) is 0 Å². The largest absolute Gasteiger partial charge is 0.465 e. The van der Waals surface area contributed by atoms with Crippen LogP contribution < -0.4 is 5.32 Å². The maximum Gasteiger partial charge on any atom is 0.338 e. The first-order valence-electron chi connectivity index (χ1n) is 7.19. The second-order valence-corrected chi connectivity index (χ2v) is 5.73. The van der Waals surface area contributed by atoms with Gasteiger partial charge in [0, 0.05) is 12.6 Å². The molecule has 0 aromatic heterocycles. The van der Waals surface area contributed by atoms with Crippen LogP contribution in [-0.4, -0.2) is 19.1 Å². The molecule has 0 saturated heterocycles. The predicted molar refractivity (Wildman–Crippen MR) is 73.9 cm³/mol. The molecule has 0 bridgehead atoms. The van der Waals surface area contributed by atoms with Crippen molar-refractivity contribution < 1.29 is 9.53 Å². The van der Waals surface area contributed by atoms with Crippen LogP contribution in [0.3, 0.4) is 0 Å². The van der Waals surface area contributed by atoms with Crippen LogP contribution in [0.5, 0.6) is 0 Å². The third-order valence-electron chi connectivity index (χ3n) is 4.21. The van der Waals surface area contributed by atoms with Crippen molar-refractivity contribution in [2.45, 2.75) is 38.3 Å². The Hall–Kier alpha value is -1.35. The number of rotatable bonds is 6. The highest BCUT2D eigenvalue weighted by Gasteiger charge is 2.41. The van der Waals surface area contributed by atoms with Gasteiger partial charge in [-0.1, -0.05) is 18.2 Å². The van der Waals surface area contributed by atoms with Gasteiger partial charge in [-0.15, -0.1) is 0 Å². The fourth-order valence-electron chi connectivity index (χ4n) is 2.84. The molecule has 1 aromatic carbocycles. The van der Waals surface area contributed by atoms with Crippen molar-refractivity contribution in [3.05, 3.63) is 35.4 Å². The quantitative estimate of drug-likeness (QED) is 0.798. The van der Waals surface area contributed by atoms with Crippen LogP contribution >= 0.6 is 0 Å². The molecular weight excluding hydrogens is 238 g/mol. The number of methoxy groups -OCH3 is 1. The molecule has 0 unspecified atom stereocenters. The van der Waals surface area contributed by atoms with Crippen molar-refractivity contribution in [3.8, 4) is 0 Å². The molecule has 19 heavy (non-hydrogen) atoms. The second-order valence-electron chi connectivity index (χ2n) is 5.73. The van der Waals surface area contributed by atoms with Crippen molar-refractivity contribution in [3.63, 3.8) is 0 Å². The van der Waals surface area contributed by atoms with Gasteiger partial charge in [-0.25, -0.2) is 4.79 Å². The maximum absolute atomic E-state index is 11.7. The fraction of sp³-hybridized carbons (Fsp3) is 0.562. The Bertz CT molecular complexity index is 452. The van der Waals surface area contributed by atoms with Gasteiger partial charge in [-0.05, 0) is 49.1 Å². The molecule has 1 aromatic rings. The molecule has 0 aliphatic heterocycles. The first-order valence-corrected chi connectivity index (χ1v) is 7.19. The van der Waals surface area contributed by atoms with E-state index in [1.807, 2.05) is 24.3 Å². The van der Waals surface area contributed by atoms with E-state index < -0.39 is 0 Å². The van der Waals surface area contributed by atoms with E-state index in [0.29, 0.717) is 11.6 Å². The van der Waals surface area contributed by atoms with Crippen LogP contribution in [0.4, 0.5) is 0 Å². The molecule has 3 heteroatoms. The SMILES string of the molecule is COC(=O)c1ccccc1CNC(C1CC1)C1CC1. The molecule has 0 atom stereocenters. The van der Waals surface area contributed by atoms with Gasteiger partial charge in [0.1, 0.15) is 0 Å². The highest BCUT2D eigenvalue weighted by Crippen LogP contribution is 2.44. The molecule has 2 aliphatic carbocycles. The fourth-order valence-corrected chi connectivity index (χ4v) is 2.84. The van der Waals surface area contributed by atoms with Gasteiger partial charge in [-0.2, -0.15) is 0 Å². The molecular formula is C16H21NO2. The van der Waals surface area contributed by atoms with Crippen molar-refractivity contribution in [2.24, 2.45) is 11.8 Å². The van der Waals surface area contributed by atoms with Gasteiger partial charge in [0.05, 0.1) is 12.7 Å². The average molecular weight is 259 g/mol. The summed E-state index contributed by atoms with van der Waals surface area (Å²) in [6.45, 7) is 0.767. The number of carbonyl (C=O) groups excluding carboxylic acids is 1. The minimum atomic E-state index is -0.244. The zero-order valence-electron chi connectivity index (χ0n) is 11.4. The van der Waals surface area contributed by atoms with E-state index in [0.717, 1.165) is 23.9 Å². The van der Waals surface area contributed by atoms with E-state index in [2.05, 4.69) is 5.32 Å². The number of carbonyl (C=O) groups is 1. The van der Waals surface area contributed by atoms with Crippen LogP contribution in [-0.2, 0) is 11.3 Å². The topological polar surface area (TPSA) is 38.3 Å². The van der Waals surface area contributed by atoms with E-state index >= 15 is 0 Å². The van der Waals surface area contributed by atoms with Crippen LogP contribution in [0.2, 0.25) is 0 Å². The van der Waals surface area contributed by atoms with Gasteiger partial charge in [-0.3, -0.25) is 0 Å². The average Bonchev–Trinajstić information content (AvgIpc) is 3.31. The Morgan fingerprint density at radius 2 is 1.89 bits per heavy atom. The summed E-state index contributed by atoms with van der Waals surface area (Å²) in [6, 6.07) is 8.37. The van der Waals surface area contributed by atoms with Crippen LogP contribution in [0.15, 0.2) is 24.3 Å². The minimum absolute atomic E-state index is 0.244. The first-order chi connectivity index (χ1) is 9.29. The van der Waals surface area contributed by atoms with E-state index in [-0.39, 0.29) is 5.97 Å². The molecule has 3 nitrogen and oxygen atoms in total. The number of nitrogens with one attached hydrogen (secondary N) is 1. The highest BCUT2D eigenvalue weighted by molar-refractivity contribution is 5.90.